The molecule has 1 amide bonds. The summed E-state index contributed by atoms with van der Waals surface area (Å²) in [5.41, 5.74) is -0.222. The van der Waals surface area contributed by atoms with Crippen LogP contribution in [0.15, 0.2) is 48.5 Å². The number of anilines is 1. The summed E-state index contributed by atoms with van der Waals surface area (Å²) in [6.07, 6.45) is -4.55. The van der Waals surface area contributed by atoms with E-state index in [0.29, 0.717) is 5.69 Å². The molecule has 0 aliphatic rings. The highest BCUT2D eigenvalue weighted by atomic mass is 35.5. The number of hydrogen-bond donors (Lipinski definition) is 1. The summed E-state index contributed by atoms with van der Waals surface area (Å²) < 4.78 is 53.8. The highest BCUT2D eigenvalue weighted by molar-refractivity contribution is 6.31. The van der Waals surface area contributed by atoms with Crippen LogP contribution in [0.4, 0.5) is 23.4 Å². The van der Waals surface area contributed by atoms with Crippen LogP contribution in [0.1, 0.15) is 27.2 Å². The van der Waals surface area contributed by atoms with E-state index in [4.69, 9.17) is 11.6 Å². The van der Waals surface area contributed by atoms with E-state index in [9.17, 15) is 22.4 Å². The van der Waals surface area contributed by atoms with Gasteiger partial charge in [0.2, 0.25) is 0 Å². The number of hydrogen-bond acceptors (Lipinski definition) is 2. The van der Waals surface area contributed by atoms with Gasteiger partial charge in [-0.05, 0) is 37.3 Å². The van der Waals surface area contributed by atoms with E-state index in [1.165, 1.54) is 28.9 Å². The lowest BCUT2D eigenvalue weighted by Crippen LogP contribution is -2.14. The molecule has 0 spiro atoms. The van der Waals surface area contributed by atoms with Gasteiger partial charge in [0.25, 0.3) is 5.91 Å². The molecule has 0 saturated carbocycles. The summed E-state index contributed by atoms with van der Waals surface area (Å²) in [4.78, 5) is 12.3. The fraction of sp³-hybridized carbons (Fsp3) is 0.158. The van der Waals surface area contributed by atoms with Gasteiger partial charge in [-0.3, -0.25) is 9.48 Å². The van der Waals surface area contributed by atoms with Gasteiger partial charge in [0.1, 0.15) is 5.82 Å². The fourth-order valence-corrected chi connectivity index (χ4v) is 2.81. The largest absolute Gasteiger partial charge is 0.416 e. The Labute approximate surface area is 162 Å². The first-order valence-corrected chi connectivity index (χ1v) is 8.49. The maximum absolute atomic E-state index is 14.0. The standard InChI is InChI=1S/C19H14ClF4N3O/c1-11-8-17(26-27(11)10-14-15(20)6-3-7-16(14)21)25-18(28)12-4-2-5-13(9-12)19(22,23)24/h2-9H,10H2,1H3,(H,25,26,28). The maximum atomic E-state index is 14.0. The fourth-order valence-electron chi connectivity index (χ4n) is 2.59. The molecule has 0 aliphatic carbocycles. The van der Waals surface area contributed by atoms with Gasteiger partial charge in [-0.2, -0.15) is 18.3 Å². The molecule has 0 saturated heterocycles. The third-order valence-electron chi connectivity index (χ3n) is 4.04. The molecule has 3 aromatic rings. The van der Waals surface area contributed by atoms with E-state index in [1.807, 2.05) is 0 Å². The van der Waals surface area contributed by atoms with Gasteiger partial charge in [0, 0.05) is 27.9 Å². The van der Waals surface area contributed by atoms with Crippen molar-refractivity contribution in [3.63, 3.8) is 0 Å². The van der Waals surface area contributed by atoms with Gasteiger partial charge in [0.05, 0.1) is 12.1 Å². The first kappa shape index (κ1) is 19.9. The third-order valence-corrected chi connectivity index (χ3v) is 4.40. The maximum Gasteiger partial charge on any atom is 0.416 e. The molecule has 9 heteroatoms. The molecule has 1 N–H and O–H groups in total. The number of nitrogens with one attached hydrogen (secondary N) is 1. The highest BCUT2D eigenvalue weighted by Crippen LogP contribution is 2.29. The van der Waals surface area contributed by atoms with Crippen molar-refractivity contribution in [3.8, 4) is 0 Å². The zero-order valence-corrected chi connectivity index (χ0v) is 15.3. The molecule has 0 aliphatic heterocycles. The lowest BCUT2D eigenvalue weighted by molar-refractivity contribution is -0.137. The predicted molar refractivity (Wildman–Crippen MR) is 96.9 cm³/mol. The zero-order chi connectivity index (χ0) is 20.5. The van der Waals surface area contributed by atoms with Crippen molar-refractivity contribution in [3.05, 3.63) is 81.8 Å². The van der Waals surface area contributed by atoms with Crippen LogP contribution >= 0.6 is 11.6 Å². The number of rotatable bonds is 4. The molecular formula is C19H14ClF4N3O. The second-order valence-electron chi connectivity index (χ2n) is 6.06. The third kappa shape index (κ3) is 4.33. The number of carbonyl (C=O) groups is 1. The second-order valence-corrected chi connectivity index (χ2v) is 6.47. The Hall–Kier alpha value is -2.87. The number of aryl methyl sites for hydroxylation is 1. The molecule has 2 aromatic carbocycles. The molecular weight excluding hydrogens is 398 g/mol. The minimum atomic E-state index is -4.55. The smallest absolute Gasteiger partial charge is 0.305 e. The molecule has 0 fully saturated rings. The Morgan fingerprint density at radius 2 is 1.89 bits per heavy atom. The monoisotopic (exact) mass is 411 g/mol. The van der Waals surface area contributed by atoms with Crippen molar-refractivity contribution in [1.29, 1.82) is 0 Å². The van der Waals surface area contributed by atoms with Crippen LogP contribution < -0.4 is 5.32 Å². The SMILES string of the molecule is Cc1cc(NC(=O)c2cccc(C(F)(F)F)c2)nn1Cc1c(F)cccc1Cl. The Bertz CT molecular complexity index is 1010. The predicted octanol–water partition coefficient (Wildman–Crippen LogP) is 5.30. The van der Waals surface area contributed by atoms with E-state index in [1.54, 1.807) is 13.0 Å². The number of carbonyl (C=O) groups excluding carboxylic acids is 1. The van der Waals surface area contributed by atoms with Gasteiger partial charge in [-0.15, -0.1) is 0 Å². The molecule has 1 aromatic heterocycles. The number of benzene rings is 2. The van der Waals surface area contributed by atoms with E-state index >= 15 is 0 Å². The average Bonchev–Trinajstić information content (AvgIpc) is 2.96. The quantitative estimate of drug-likeness (QED) is 0.592. The summed E-state index contributed by atoms with van der Waals surface area (Å²) >= 11 is 6.01. The van der Waals surface area contributed by atoms with Crippen LogP contribution in [0.5, 0.6) is 0 Å². The summed E-state index contributed by atoms with van der Waals surface area (Å²) in [6, 6.07) is 9.91. The van der Waals surface area contributed by atoms with Crippen molar-refractivity contribution in [2.45, 2.75) is 19.6 Å². The lowest BCUT2D eigenvalue weighted by atomic mass is 10.1. The van der Waals surface area contributed by atoms with E-state index in [0.717, 1.165) is 18.2 Å². The molecule has 146 valence electrons. The number of nitrogens with zero attached hydrogens (tertiary/aromatic N) is 2. The first-order valence-electron chi connectivity index (χ1n) is 8.11. The van der Waals surface area contributed by atoms with Crippen LogP contribution in [0.3, 0.4) is 0 Å². The molecule has 4 nitrogen and oxygen atoms in total. The van der Waals surface area contributed by atoms with Crippen LogP contribution in [0.2, 0.25) is 5.02 Å². The van der Waals surface area contributed by atoms with E-state index < -0.39 is 23.5 Å². The normalized spacial score (nSPS) is 11.5. The van der Waals surface area contributed by atoms with Gasteiger partial charge in [-0.1, -0.05) is 23.7 Å². The Kier molecular flexibility index (Phi) is 5.42. The van der Waals surface area contributed by atoms with Crippen molar-refractivity contribution >= 4 is 23.3 Å². The number of amides is 1. The van der Waals surface area contributed by atoms with Crippen LogP contribution in [-0.4, -0.2) is 15.7 Å². The van der Waals surface area contributed by atoms with Crippen molar-refractivity contribution < 1.29 is 22.4 Å². The van der Waals surface area contributed by atoms with Crippen molar-refractivity contribution in [1.82, 2.24) is 9.78 Å². The molecule has 28 heavy (non-hydrogen) atoms. The minimum absolute atomic E-state index is 0.0385. The number of aromatic nitrogens is 2. The van der Waals surface area contributed by atoms with Crippen molar-refractivity contribution in [2.24, 2.45) is 0 Å². The molecule has 0 atom stereocenters. The minimum Gasteiger partial charge on any atom is -0.305 e. The average molecular weight is 412 g/mol. The van der Waals surface area contributed by atoms with Gasteiger partial charge in [0.15, 0.2) is 5.82 Å². The zero-order valence-electron chi connectivity index (χ0n) is 14.5. The molecule has 1 heterocycles. The van der Waals surface area contributed by atoms with Gasteiger partial charge < -0.3 is 5.32 Å². The van der Waals surface area contributed by atoms with Gasteiger partial charge >= 0.3 is 6.18 Å². The Morgan fingerprint density at radius 3 is 2.57 bits per heavy atom. The van der Waals surface area contributed by atoms with E-state index in [-0.39, 0.29) is 28.5 Å². The topological polar surface area (TPSA) is 46.9 Å². The first-order chi connectivity index (χ1) is 13.1. The summed E-state index contributed by atoms with van der Waals surface area (Å²) in [5, 5.41) is 6.85. The van der Waals surface area contributed by atoms with Crippen LogP contribution in [0, 0.1) is 12.7 Å². The highest BCUT2D eigenvalue weighted by Gasteiger charge is 2.31. The molecule has 0 radical (unpaired) electrons. The molecule has 3 rings (SSSR count). The lowest BCUT2D eigenvalue weighted by Gasteiger charge is -2.09. The summed E-state index contributed by atoms with van der Waals surface area (Å²) in [5.74, 6) is -1.09. The Morgan fingerprint density at radius 1 is 1.18 bits per heavy atom. The van der Waals surface area contributed by atoms with Crippen LogP contribution in [-0.2, 0) is 12.7 Å². The molecule has 0 bridgehead atoms. The number of halogens is 5. The molecule has 0 unspecified atom stereocenters. The number of alkyl halides is 3. The Balaban J connectivity index is 1.79. The van der Waals surface area contributed by atoms with E-state index in [2.05, 4.69) is 10.4 Å². The van der Waals surface area contributed by atoms with Gasteiger partial charge in [-0.25, -0.2) is 4.39 Å². The summed E-state index contributed by atoms with van der Waals surface area (Å²) in [6.45, 7) is 1.73. The van der Waals surface area contributed by atoms with Crippen LogP contribution in [0.25, 0.3) is 0 Å². The summed E-state index contributed by atoms with van der Waals surface area (Å²) in [7, 11) is 0. The van der Waals surface area contributed by atoms with Crippen molar-refractivity contribution in [2.75, 3.05) is 5.32 Å². The second kappa shape index (κ2) is 7.63.